The summed E-state index contributed by atoms with van der Waals surface area (Å²) in [4.78, 5) is 12.8. The maximum Gasteiger partial charge on any atom is 0.245 e. The van der Waals surface area contributed by atoms with Crippen molar-refractivity contribution in [1.29, 1.82) is 0 Å². The molecule has 1 N–H and O–H groups in total. The molecule has 4 aliphatic carbocycles. The normalized spacial score (nSPS) is 28.0. The highest BCUT2D eigenvalue weighted by Gasteiger charge is 2.51. The molecule has 33 heavy (non-hydrogen) atoms. The van der Waals surface area contributed by atoms with Gasteiger partial charge in [0.1, 0.15) is 6.54 Å². The molecule has 6 rings (SSSR count). The fourth-order valence-electron chi connectivity index (χ4n) is 6.98. The Morgan fingerprint density at radius 3 is 2.03 bits per heavy atom. The molecular formula is C27H34N2O3S. The van der Waals surface area contributed by atoms with E-state index in [0.29, 0.717) is 16.8 Å². The van der Waals surface area contributed by atoms with Gasteiger partial charge in [-0.3, -0.25) is 9.10 Å². The third-order valence-corrected chi connectivity index (χ3v) is 9.43. The summed E-state index contributed by atoms with van der Waals surface area (Å²) in [5.74, 6) is 2.33. The van der Waals surface area contributed by atoms with Crippen molar-refractivity contribution in [1.82, 2.24) is 0 Å². The molecule has 6 heteroatoms. The Bertz CT molecular complexity index is 1140. The summed E-state index contributed by atoms with van der Waals surface area (Å²) in [5, 5.41) is 2.90. The van der Waals surface area contributed by atoms with Crippen molar-refractivity contribution in [3.63, 3.8) is 0 Å². The van der Waals surface area contributed by atoms with Crippen LogP contribution in [0.25, 0.3) is 0 Å². The van der Waals surface area contributed by atoms with Gasteiger partial charge in [0.05, 0.1) is 11.9 Å². The average Bonchev–Trinajstić information content (AvgIpc) is 2.73. The van der Waals surface area contributed by atoms with Crippen molar-refractivity contribution in [2.45, 2.75) is 57.8 Å². The molecule has 0 atom stereocenters. The smallest absolute Gasteiger partial charge is 0.245 e. The van der Waals surface area contributed by atoms with Gasteiger partial charge in [-0.25, -0.2) is 8.42 Å². The summed E-state index contributed by atoms with van der Waals surface area (Å²) in [6, 6.07) is 13.8. The molecule has 0 aliphatic heterocycles. The minimum atomic E-state index is -3.60. The lowest BCUT2D eigenvalue weighted by atomic mass is 9.48. The van der Waals surface area contributed by atoms with Crippen LogP contribution in [0.5, 0.6) is 0 Å². The van der Waals surface area contributed by atoms with Gasteiger partial charge in [0, 0.05) is 5.69 Å². The zero-order valence-electron chi connectivity index (χ0n) is 19.8. The van der Waals surface area contributed by atoms with Crippen LogP contribution in [0.1, 0.15) is 55.2 Å². The molecular weight excluding hydrogens is 432 g/mol. The molecule has 4 bridgehead atoms. The minimum Gasteiger partial charge on any atom is -0.325 e. The standard InChI is InChI=1S/C27H34N2O3S/c1-18-4-9-25(10-19(18)2)29(33(3,31)32)17-26(30)28-24-7-5-23(6-8-24)27-14-20-11-21(15-27)13-22(12-20)16-27/h4-10,20-22H,11-17H2,1-3H3,(H,28,30). The van der Waals surface area contributed by atoms with E-state index in [1.165, 1.54) is 48.4 Å². The number of hydrogen-bond acceptors (Lipinski definition) is 3. The molecule has 5 nitrogen and oxygen atoms in total. The molecule has 2 aromatic carbocycles. The monoisotopic (exact) mass is 466 g/mol. The first-order valence-electron chi connectivity index (χ1n) is 12.1. The van der Waals surface area contributed by atoms with E-state index >= 15 is 0 Å². The van der Waals surface area contributed by atoms with E-state index < -0.39 is 10.0 Å². The Labute approximate surface area is 197 Å². The van der Waals surface area contributed by atoms with Crippen LogP contribution in [0.4, 0.5) is 11.4 Å². The lowest BCUT2D eigenvalue weighted by Gasteiger charge is -2.57. The van der Waals surface area contributed by atoms with Gasteiger partial charge in [-0.05, 0) is 116 Å². The minimum absolute atomic E-state index is 0.252. The van der Waals surface area contributed by atoms with Crippen LogP contribution in [0.2, 0.25) is 0 Å². The van der Waals surface area contributed by atoms with Crippen molar-refractivity contribution < 1.29 is 13.2 Å². The third-order valence-electron chi connectivity index (χ3n) is 8.29. The highest BCUT2D eigenvalue weighted by Crippen LogP contribution is 2.60. The number of amides is 1. The molecule has 2 aromatic rings. The average molecular weight is 467 g/mol. The first kappa shape index (κ1) is 22.5. The van der Waals surface area contributed by atoms with E-state index in [4.69, 9.17) is 0 Å². The van der Waals surface area contributed by atoms with E-state index in [2.05, 4.69) is 17.4 Å². The molecule has 4 aliphatic rings. The summed E-state index contributed by atoms with van der Waals surface area (Å²) < 4.78 is 26.0. The number of anilines is 2. The molecule has 0 spiro atoms. The van der Waals surface area contributed by atoms with Gasteiger partial charge in [0.25, 0.3) is 0 Å². The fraction of sp³-hybridized carbons (Fsp3) is 0.519. The van der Waals surface area contributed by atoms with Crippen LogP contribution < -0.4 is 9.62 Å². The van der Waals surface area contributed by atoms with Crippen LogP contribution in [0, 0.1) is 31.6 Å². The Balaban J connectivity index is 1.29. The topological polar surface area (TPSA) is 66.5 Å². The molecule has 1 amide bonds. The van der Waals surface area contributed by atoms with Crippen molar-refractivity contribution in [3.8, 4) is 0 Å². The number of carbonyl (C=O) groups is 1. The Morgan fingerprint density at radius 2 is 1.52 bits per heavy atom. The maximum absolute atomic E-state index is 12.8. The number of nitrogens with one attached hydrogen (secondary N) is 1. The van der Waals surface area contributed by atoms with Crippen molar-refractivity contribution in [2.24, 2.45) is 17.8 Å². The maximum atomic E-state index is 12.8. The van der Waals surface area contributed by atoms with Gasteiger partial charge in [0.15, 0.2) is 0 Å². The number of nitrogens with zero attached hydrogens (tertiary/aromatic N) is 1. The number of aryl methyl sites for hydroxylation is 2. The van der Waals surface area contributed by atoms with Gasteiger partial charge in [-0.2, -0.15) is 0 Å². The Hall–Kier alpha value is -2.34. The van der Waals surface area contributed by atoms with Gasteiger partial charge >= 0.3 is 0 Å². The number of sulfonamides is 1. The van der Waals surface area contributed by atoms with Crippen LogP contribution in [-0.2, 0) is 20.2 Å². The Morgan fingerprint density at radius 1 is 0.939 bits per heavy atom. The molecule has 4 fully saturated rings. The zero-order chi connectivity index (χ0) is 23.4. The fourth-order valence-corrected chi connectivity index (χ4v) is 7.83. The molecule has 0 heterocycles. The number of hydrogen-bond donors (Lipinski definition) is 1. The SMILES string of the molecule is Cc1ccc(N(CC(=O)Nc2ccc(C34CC5CC(CC(C5)C3)C4)cc2)S(C)(=O)=O)cc1C. The number of carbonyl (C=O) groups excluding carboxylic acids is 1. The highest BCUT2D eigenvalue weighted by molar-refractivity contribution is 7.92. The first-order chi connectivity index (χ1) is 15.6. The van der Waals surface area contributed by atoms with Crippen LogP contribution in [-0.4, -0.2) is 27.1 Å². The predicted molar refractivity (Wildman–Crippen MR) is 133 cm³/mol. The summed E-state index contributed by atoms with van der Waals surface area (Å²) >= 11 is 0. The van der Waals surface area contributed by atoms with Crippen molar-refractivity contribution in [3.05, 3.63) is 59.2 Å². The van der Waals surface area contributed by atoms with E-state index in [1.807, 2.05) is 38.1 Å². The molecule has 176 valence electrons. The van der Waals surface area contributed by atoms with E-state index in [9.17, 15) is 13.2 Å². The lowest BCUT2D eigenvalue weighted by molar-refractivity contribution is -0.114. The number of benzene rings is 2. The largest absolute Gasteiger partial charge is 0.325 e. The van der Waals surface area contributed by atoms with E-state index in [1.54, 1.807) is 6.07 Å². The highest BCUT2D eigenvalue weighted by atomic mass is 32.2. The second kappa shape index (κ2) is 8.15. The Kier molecular flexibility index (Phi) is 5.55. The molecule has 0 aromatic heterocycles. The summed E-state index contributed by atoms with van der Waals surface area (Å²) in [5.41, 5.74) is 5.02. The molecule has 0 unspecified atom stereocenters. The quantitative estimate of drug-likeness (QED) is 0.638. The van der Waals surface area contributed by atoms with Crippen LogP contribution in [0.15, 0.2) is 42.5 Å². The van der Waals surface area contributed by atoms with Crippen LogP contribution in [0.3, 0.4) is 0 Å². The zero-order valence-corrected chi connectivity index (χ0v) is 20.6. The second-order valence-corrected chi connectivity index (χ2v) is 12.8. The lowest BCUT2D eigenvalue weighted by Crippen LogP contribution is -2.48. The van der Waals surface area contributed by atoms with Crippen molar-refractivity contribution >= 4 is 27.3 Å². The number of rotatable bonds is 6. The summed E-state index contributed by atoms with van der Waals surface area (Å²) in [6.45, 7) is 3.66. The molecule has 0 saturated heterocycles. The predicted octanol–water partition coefficient (Wildman–Crippen LogP) is 5.18. The van der Waals surface area contributed by atoms with E-state index in [0.717, 1.165) is 35.1 Å². The third kappa shape index (κ3) is 4.42. The van der Waals surface area contributed by atoms with Gasteiger partial charge < -0.3 is 5.32 Å². The first-order valence-corrected chi connectivity index (χ1v) is 13.9. The summed E-state index contributed by atoms with van der Waals surface area (Å²) in [6.07, 6.45) is 9.33. The van der Waals surface area contributed by atoms with E-state index in [-0.39, 0.29) is 12.5 Å². The summed E-state index contributed by atoms with van der Waals surface area (Å²) in [7, 11) is -3.60. The second-order valence-electron chi connectivity index (χ2n) is 10.9. The van der Waals surface area contributed by atoms with Crippen LogP contribution >= 0.6 is 0 Å². The van der Waals surface area contributed by atoms with Gasteiger partial charge in [-0.1, -0.05) is 18.2 Å². The van der Waals surface area contributed by atoms with Gasteiger partial charge in [-0.15, -0.1) is 0 Å². The molecule has 0 radical (unpaired) electrons. The van der Waals surface area contributed by atoms with Crippen molar-refractivity contribution in [2.75, 3.05) is 22.4 Å². The molecule has 4 saturated carbocycles. The van der Waals surface area contributed by atoms with Gasteiger partial charge in [0.2, 0.25) is 15.9 Å².